The minimum absolute atomic E-state index is 0.738. The Bertz CT molecular complexity index is 496. The van der Waals surface area contributed by atoms with Crippen LogP contribution in [0.4, 0.5) is 11.4 Å². The van der Waals surface area contributed by atoms with Crippen LogP contribution in [0.3, 0.4) is 0 Å². The van der Waals surface area contributed by atoms with Crippen molar-refractivity contribution in [3.05, 3.63) is 53.6 Å². The van der Waals surface area contributed by atoms with Crippen molar-refractivity contribution in [3.8, 4) is 5.75 Å². The molecular weight excluding hydrogens is 234 g/mol. The Morgan fingerprint density at radius 3 is 2.29 bits per heavy atom. The molecule has 88 valence electrons. The molecule has 2 nitrogen and oxygen atoms in total. The van der Waals surface area contributed by atoms with Crippen LogP contribution in [0.1, 0.15) is 0 Å². The smallest absolute Gasteiger partial charge is 0.142 e. The van der Waals surface area contributed by atoms with Gasteiger partial charge in [0, 0.05) is 17.8 Å². The van der Waals surface area contributed by atoms with Crippen molar-refractivity contribution in [1.82, 2.24) is 0 Å². The molecule has 0 aliphatic carbocycles. The zero-order valence-electron chi connectivity index (χ0n) is 9.85. The highest BCUT2D eigenvalue weighted by Crippen LogP contribution is 2.32. The zero-order valence-corrected chi connectivity index (χ0v) is 10.6. The average Bonchev–Trinajstić information content (AvgIpc) is 2.39. The maximum absolute atomic E-state index is 5.88. The van der Waals surface area contributed by atoms with E-state index >= 15 is 0 Å². The number of hydrogen-bond donors (Lipinski definition) is 0. The number of methoxy groups -OCH3 is 1. The molecule has 0 aliphatic heterocycles. The summed E-state index contributed by atoms with van der Waals surface area (Å²) in [7, 11) is 3.68. The van der Waals surface area contributed by atoms with Crippen LogP contribution < -0.4 is 9.64 Å². The standard InChI is InChI=1S/C14H14ClNO/c1-16(12-9-7-11(15)8-10-12)13-5-3-4-6-14(13)17-2/h3-10H,1-2H3. The van der Waals surface area contributed by atoms with Crippen molar-refractivity contribution < 1.29 is 4.74 Å². The third-order valence-electron chi connectivity index (χ3n) is 2.66. The lowest BCUT2D eigenvalue weighted by molar-refractivity contribution is 0.415. The Morgan fingerprint density at radius 1 is 1.00 bits per heavy atom. The van der Waals surface area contributed by atoms with Crippen LogP contribution in [0.25, 0.3) is 0 Å². The molecule has 0 radical (unpaired) electrons. The monoisotopic (exact) mass is 247 g/mol. The highest BCUT2D eigenvalue weighted by atomic mass is 35.5. The van der Waals surface area contributed by atoms with Gasteiger partial charge in [-0.25, -0.2) is 0 Å². The van der Waals surface area contributed by atoms with Crippen molar-refractivity contribution >= 4 is 23.0 Å². The summed E-state index contributed by atoms with van der Waals surface area (Å²) in [5, 5.41) is 0.738. The van der Waals surface area contributed by atoms with E-state index in [4.69, 9.17) is 16.3 Å². The molecule has 0 bridgehead atoms. The third kappa shape index (κ3) is 2.53. The Labute approximate surface area is 106 Å². The quantitative estimate of drug-likeness (QED) is 0.809. The van der Waals surface area contributed by atoms with Gasteiger partial charge in [0.1, 0.15) is 5.75 Å². The maximum Gasteiger partial charge on any atom is 0.142 e. The van der Waals surface area contributed by atoms with E-state index in [2.05, 4.69) is 4.90 Å². The molecule has 0 N–H and O–H groups in total. The van der Waals surface area contributed by atoms with Gasteiger partial charge in [-0.3, -0.25) is 0 Å². The van der Waals surface area contributed by atoms with E-state index in [0.717, 1.165) is 22.1 Å². The van der Waals surface area contributed by atoms with Crippen molar-refractivity contribution in [3.63, 3.8) is 0 Å². The lowest BCUT2D eigenvalue weighted by Crippen LogP contribution is -2.10. The molecule has 17 heavy (non-hydrogen) atoms. The SMILES string of the molecule is COc1ccccc1N(C)c1ccc(Cl)cc1. The summed E-state index contributed by atoms with van der Waals surface area (Å²) in [4.78, 5) is 2.06. The van der Waals surface area contributed by atoms with Crippen LogP contribution in [0.5, 0.6) is 5.75 Å². The van der Waals surface area contributed by atoms with Crippen LogP contribution in [0.15, 0.2) is 48.5 Å². The fourth-order valence-corrected chi connectivity index (χ4v) is 1.84. The predicted octanol–water partition coefficient (Wildman–Crippen LogP) is 4.12. The molecule has 3 heteroatoms. The third-order valence-corrected chi connectivity index (χ3v) is 2.91. The topological polar surface area (TPSA) is 12.5 Å². The summed E-state index contributed by atoms with van der Waals surface area (Å²) < 4.78 is 5.34. The second kappa shape index (κ2) is 5.11. The molecule has 0 atom stereocenters. The number of anilines is 2. The highest BCUT2D eigenvalue weighted by molar-refractivity contribution is 6.30. The summed E-state index contributed by atoms with van der Waals surface area (Å²) in [5.74, 6) is 0.852. The molecule has 0 saturated carbocycles. The Hall–Kier alpha value is -1.67. The van der Waals surface area contributed by atoms with E-state index in [1.807, 2.05) is 55.6 Å². The van der Waals surface area contributed by atoms with Crippen molar-refractivity contribution in [2.24, 2.45) is 0 Å². The molecule has 2 rings (SSSR count). The molecule has 0 amide bonds. The second-order valence-corrected chi connectivity index (χ2v) is 4.14. The van der Waals surface area contributed by atoms with Gasteiger partial charge in [-0.15, -0.1) is 0 Å². The normalized spacial score (nSPS) is 10.1. The van der Waals surface area contributed by atoms with E-state index in [1.54, 1.807) is 7.11 Å². The van der Waals surface area contributed by atoms with Crippen LogP contribution in [0, 0.1) is 0 Å². The van der Waals surface area contributed by atoms with Gasteiger partial charge in [-0.2, -0.15) is 0 Å². The number of hydrogen-bond acceptors (Lipinski definition) is 2. The number of benzene rings is 2. The maximum atomic E-state index is 5.88. The number of ether oxygens (including phenoxy) is 1. The number of para-hydroxylation sites is 2. The summed E-state index contributed by atoms with van der Waals surface area (Å²) in [6, 6.07) is 15.6. The minimum Gasteiger partial charge on any atom is -0.495 e. The first-order chi connectivity index (χ1) is 8.22. The van der Waals surface area contributed by atoms with Crippen LogP contribution in [0.2, 0.25) is 5.02 Å². The Balaban J connectivity index is 2.36. The van der Waals surface area contributed by atoms with Crippen molar-refractivity contribution in [1.29, 1.82) is 0 Å². The van der Waals surface area contributed by atoms with Gasteiger partial charge < -0.3 is 9.64 Å². The van der Waals surface area contributed by atoms with Gasteiger partial charge in [0.15, 0.2) is 0 Å². The fraction of sp³-hybridized carbons (Fsp3) is 0.143. The van der Waals surface area contributed by atoms with E-state index < -0.39 is 0 Å². The Kier molecular flexibility index (Phi) is 3.55. The van der Waals surface area contributed by atoms with Gasteiger partial charge in [-0.1, -0.05) is 23.7 Å². The average molecular weight is 248 g/mol. The number of rotatable bonds is 3. The van der Waals surface area contributed by atoms with Gasteiger partial charge in [0.25, 0.3) is 0 Å². The van der Waals surface area contributed by atoms with Crippen molar-refractivity contribution in [2.75, 3.05) is 19.1 Å². The molecule has 0 fully saturated rings. The van der Waals surface area contributed by atoms with Crippen LogP contribution in [-0.4, -0.2) is 14.2 Å². The Morgan fingerprint density at radius 2 is 1.65 bits per heavy atom. The molecule has 2 aromatic carbocycles. The van der Waals surface area contributed by atoms with E-state index in [0.29, 0.717) is 0 Å². The second-order valence-electron chi connectivity index (χ2n) is 3.71. The molecule has 2 aromatic rings. The van der Waals surface area contributed by atoms with E-state index in [1.165, 1.54) is 0 Å². The largest absolute Gasteiger partial charge is 0.495 e. The first-order valence-corrected chi connectivity index (χ1v) is 5.72. The number of nitrogens with zero attached hydrogens (tertiary/aromatic N) is 1. The first-order valence-electron chi connectivity index (χ1n) is 5.34. The molecule has 0 heterocycles. The number of halogens is 1. The zero-order chi connectivity index (χ0) is 12.3. The summed E-state index contributed by atoms with van der Waals surface area (Å²) in [6.45, 7) is 0. The van der Waals surface area contributed by atoms with Gasteiger partial charge in [0.2, 0.25) is 0 Å². The van der Waals surface area contributed by atoms with E-state index in [9.17, 15) is 0 Å². The minimum atomic E-state index is 0.738. The summed E-state index contributed by atoms with van der Waals surface area (Å²) >= 11 is 5.88. The van der Waals surface area contributed by atoms with Crippen molar-refractivity contribution in [2.45, 2.75) is 0 Å². The van der Waals surface area contributed by atoms with Crippen LogP contribution >= 0.6 is 11.6 Å². The van der Waals surface area contributed by atoms with E-state index in [-0.39, 0.29) is 0 Å². The van der Waals surface area contributed by atoms with Crippen LogP contribution in [-0.2, 0) is 0 Å². The first kappa shape index (κ1) is 11.8. The molecular formula is C14H14ClNO. The lowest BCUT2D eigenvalue weighted by Gasteiger charge is -2.21. The lowest BCUT2D eigenvalue weighted by atomic mass is 10.2. The van der Waals surface area contributed by atoms with Gasteiger partial charge in [-0.05, 0) is 36.4 Å². The highest BCUT2D eigenvalue weighted by Gasteiger charge is 2.08. The predicted molar refractivity (Wildman–Crippen MR) is 72.5 cm³/mol. The summed E-state index contributed by atoms with van der Waals surface area (Å²) in [6.07, 6.45) is 0. The molecule has 0 aliphatic rings. The summed E-state index contributed by atoms with van der Waals surface area (Å²) in [5.41, 5.74) is 2.09. The van der Waals surface area contributed by atoms with Gasteiger partial charge >= 0.3 is 0 Å². The molecule has 0 aromatic heterocycles. The molecule has 0 saturated heterocycles. The molecule has 0 unspecified atom stereocenters. The van der Waals surface area contributed by atoms with Gasteiger partial charge in [0.05, 0.1) is 12.8 Å². The fourth-order valence-electron chi connectivity index (χ4n) is 1.71. The molecule has 0 spiro atoms.